The molecule has 1 atom stereocenters. The van der Waals surface area contributed by atoms with Gasteiger partial charge >= 0.3 is 0 Å². The first-order valence-electron chi connectivity index (χ1n) is 5.11. The highest BCUT2D eigenvalue weighted by atomic mass is 79.9. The summed E-state index contributed by atoms with van der Waals surface area (Å²) in [4.78, 5) is 13.3. The van der Waals surface area contributed by atoms with E-state index in [9.17, 15) is 4.79 Å². The van der Waals surface area contributed by atoms with Gasteiger partial charge in [0.05, 0.1) is 6.61 Å². The Morgan fingerprint density at radius 3 is 3.00 bits per heavy atom. The maximum Gasteiger partial charge on any atom is 0.223 e. The Morgan fingerprint density at radius 1 is 1.64 bits per heavy atom. The Bertz CT molecular complexity index is 181. The van der Waals surface area contributed by atoms with Crippen LogP contribution in [0.4, 0.5) is 0 Å². The molecule has 3 nitrogen and oxygen atoms in total. The molecule has 1 amide bonds. The van der Waals surface area contributed by atoms with E-state index in [-0.39, 0.29) is 5.91 Å². The van der Waals surface area contributed by atoms with Gasteiger partial charge in [-0.05, 0) is 18.8 Å². The first-order valence-corrected chi connectivity index (χ1v) is 6.24. The third-order valence-corrected chi connectivity index (χ3v) is 2.92. The summed E-state index contributed by atoms with van der Waals surface area (Å²) in [6.07, 6.45) is 2.90. The Balaban J connectivity index is 2.24. The average Bonchev–Trinajstić information content (AvgIpc) is 2.19. The molecule has 1 aliphatic heterocycles. The zero-order chi connectivity index (χ0) is 10.4. The van der Waals surface area contributed by atoms with Crippen LogP contribution in [0.2, 0.25) is 0 Å². The Morgan fingerprint density at radius 2 is 2.43 bits per heavy atom. The van der Waals surface area contributed by atoms with E-state index in [1.807, 2.05) is 11.9 Å². The second-order valence-electron chi connectivity index (χ2n) is 3.80. The Labute approximate surface area is 93.9 Å². The molecule has 0 saturated carbocycles. The molecule has 0 aliphatic carbocycles. The summed E-state index contributed by atoms with van der Waals surface area (Å²) in [6, 6.07) is 0. The third kappa shape index (κ3) is 3.96. The smallest absolute Gasteiger partial charge is 0.223 e. The predicted molar refractivity (Wildman–Crippen MR) is 59.6 cm³/mol. The molecule has 4 heteroatoms. The van der Waals surface area contributed by atoms with Crippen molar-refractivity contribution in [2.75, 3.05) is 32.1 Å². The van der Waals surface area contributed by atoms with Gasteiger partial charge < -0.3 is 9.64 Å². The third-order valence-electron chi connectivity index (χ3n) is 2.52. The first-order chi connectivity index (χ1) is 6.74. The Kier molecular flexibility index (Phi) is 5.48. The summed E-state index contributed by atoms with van der Waals surface area (Å²) in [6.45, 7) is 2.54. The van der Waals surface area contributed by atoms with Gasteiger partial charge in [-0.25, -0.2) is 0 Å². The first kappa shape index (κ1) is 12.0. The summed E-state index contributed by atoms with van der Waals surface area (Å²) in [5.41, 5.74) is 0. The van der Waals surface area contributed by atoms with Crippen molar-refractivity contribution in [3.8, 4) is 0 Å². The SMILES string of the molecule is CN(CC1CCCOC1)C(=O)CCBr. The van der Waals surface area contributed by atoms with E-state index in [0.717, 1.165) is 31.5 Å². The van der Waals surface area contributed by atoms with Crippen LogP contribution in [0.15, 0.2) is 0 Å². The zero-order valence-electron chi connectivity index (χ0n) is 8.67. The molecule has 0 N–H and O–H groups in total. The highest BCUT2D eigenvalue weighted by Gasteiger charge is 2.18. The molecule has 1 rings (SSSR count). The van der Waals surface area contributed by atoms with Crippen LogP contribution in [0.5, 0.6) is 0 Å². The number of alkyl halides is 1. The zero-order valence-corrected chi connectivity index (χ0v) is 10.3. The van der Waals surface area contributed by atoms with Gasteiger partial charge in [-0.15, -0.1) is 0 Å². The minimum absolute atomic E-state index is 0.215. The minimum Gasteiger partial charge on any atom is -0.381 e. The largest absolute Gasteiger partial charge is 0.381 e. The molecule has 0 aromatic carbocycles. The molecular formula is C10H18BrNO2. The number of halogens is 1. The van der Waals surface area contributed by atoms with Gasteiger partial charge in [-0.3, -0.25) is 4.79 Å². The maximum absolute atomic E-state index is 11.5. The molecular weight excluding hydrogens is 246 g/mol. The lowest BCUT2D eigenvalue weighted by Gasteiger charge is -2.27. The van der Waals surface area contributed by atoms with E-state index in [1.54, 1.807) is 0 Å². The molecule has 1 heterocycles. The summed E-state index contributed by atoms with van der Waals surface area (Å²) < 4.78 is 5.38. The quantitative estimate of drug-likeness (QED) is 0.723. The van der Waals surface area contributed by atoms with Gasteiger partial charge in [0.2, 0.25) is 5.91 Å². The topological polar surface area (TPSA) is 29.5 Å². The van der Waals surface area contributed by atoms with Crippen molar-refractivity contribution in [2.45, 2.75) is 19.3 Å². The van der Waals surface area contributed by atoms with Crippen LogP contribution >= 0.6 is 15.9 Å². The monoisotopic (exact) mass is 263 g/mol. The molecule has 0 bridgehead atoms. The number of carbonyl (C=O) groups is 1. The van der Waals surface area contributed by atoms with Crippen molar-refractivity contribution >= 4 is 21.8 Å². The van der Waals surface area contributed by atoms with Crippen molar-refractivity contribution in [3.05, 3.63) is 0 Å². The fourth-order valence-electron chi connectivity index (χ4n) is 1.71. The highest BCUT2D eigenvalue weighted by molar-refractivity contribution is 9.09. The van der Waals surface area contributed by atoms with E-state index in [1.165, 1.54) is 6.42 Å². The predicted octanol–water partition coefficient (Wildman–Crippen LogP) is 1.66. The fourth-order valence-corrected chi connectivity index (χ4v) is 2.05. The lowest BCUT2D eigenvalue weighted by Crippen LogP contribution is -2.35. The molecule has 0 spiro atoms. The van der Waals surface area contributed by atoms with Gasteiger partial charge in [-0.2, -0.15) is 0 Å². The number of ether oxygens (including phenoxy) is 1. The lowest BCUT2D eigenvalue weighted by molar-refractivity contribution is -0.130. The second-order valence-corrected chi connectivity index (χ2v) is 4.59. The number of amides is 1. The number of rotatable bonds is 4. The van der Waals surface area contributed by atoms with Gasteiger partial charge in [0.1, 0.15) is 0 Å². The molecule has 1 saturated heterocycles. The normalized spacial score (nSPS) is 22.0. The van der Waals surface area contributed by atoms with Crippen molar-refractivity contribution in [2.24, 2.45) is 5.92 Å². The number of hydrogen-bond donors (Lipinski definition) is 0. The molecule has 0 aromatic heterocycles. The summed E-state index contributed by atoms with van der Waals surface area (Å²) in [5.74, 6) is 0.750. The second kappa shape index (κ2) is 6.40. The fraction of sp³-hybridized carbons (Fsp3) is 0.900. The van der Waals surface area contributed by atoms with Crippen molar-refractivity contribution in [3.63, 3.8) is 0 Å². The molecule has 1 unspecified atom stereocenters. The van der Waals surface area contributed by atoms with Gasteiger partial charge in [0.25, 0.3) is 0 Å². The summed E-state index contributed by atoms with van der Waals surface area (Å²) in [7, 11) is 1.87. The molecule has 14 heavy (non-hydrogen) atoms. The minimum atomic E-state index is 0.215. The van der Waals surface area contributed by atoms with Crippen LogP contribution in [0.3, 0.4) is 0 Å². The standard InChI is InChI=1S/C10H18BrNO2/c1-12(10(13)4-5-11)7-9-3-2-6-14-8-9/h9H,2-8H2,1H3. The van der Waals surface area contributed by atoms with Crippen LogP contribution in [-0.2, 0) is 9.53 Å². The van der Waals surface area contributed by atoms with E-state index >= 15 is 0 Å². The van der Waals surface area contributed by atoms with Crippen molar-refractivity contribution in [1.29, 1.82) is 0 Å². The number of hydrogen-bond acceptors (Lipinski definition) is 2. The van der Waals surface area contributed by atoms with E-state index in [2.05, 4.69) is 15.9 Å². The van der Waals surface area contributed by atoms with Crippen LogP contribution in [0.1, 0.15) is 19.3 Å². The van der Waals surface area contributed by atoms with Crippen molar-refractivity contribution < 1.29 is 9.53 Å². The van der Waals surface area contributed by atoms with E-state index in [4.69, 9.17) is 4.74 Å². The Hall–Kier alpha value is -0.0900. The molecule has 82 valence electrons. The van der Waals surface area contributed by atoms with Crippen LogP contribution < -0.4 is 0 Å². The average molecular weight is 264 g/mol. The molecule has 0 radical (unpaired) electrons. The van der Waals surface area contributed by atoms with E-state index < -0.39 is 0 Å². The van der Waals surface area contributed by atoms with E-state index in [0.29, 0.717) is 12.3 Å². The number of carbonyl (C=O) groups excluding carboxylic acids is 1. The molecule has 0 aromatic rings. The van der Waals surface area contributed by atoms with Crippen molar-refractivity contribution in [1.82, 2.24) is 4.90 Å². The molecule has 1 aliphatic rings. The highest BCUT2D eigenvalue weighted by Crippen LogP contribution is 2.14. The van der Waals surface area contributed by atoms with Gasteiger partial charge in [-0.1, -0.05) is 15.9 Å². The maximum atomic E-state index is 11.5. The van der Waals surface area contributed by atoms with Gasteiger partial charge in [0.15, 0.2) is 0 Å². The van der Waals surface area contributed by atoms with Crippen LogP contribution in [0, 0.1) is 5.92 Å². The molecule has 1 fully saturated rings. The summed E-state index contributed by atoms with van der Waals surface area (Å²) >= 11 is 3.27. The summed E-state index contributed by atoms with van der Waals surface area (Å²) in [5, 5.41) is 0.747. The lowest BCUT2D eigenvalue weighted by atomic mass is 10.0. The van der Waals surface area contributed by atoms with Crippen LogP contribution in [0.25, 0.3) is 0 Å². The van der Waals surface area contributed by atoms with Gasteiger partial charge in [0, 0.05) is 32.0 Å². The van der Waals surface area contributed by atoms with Crippen LogP contribution in [-0.4, -0.2) is 42.9 Å². The number of nitrogens with zero attached hydrogens (tertiary/aromatic N) is 1.